The van der Waals surface area contributed by atoms with Gasteiger partial charge in [-0.05, 0) is 32.4 Å². The first-order valence-corrected chi connectivity index (χ1v) is 8.81. The Balaban J connectivity index is 2.61. The van der Waals surface area contributed by atoms with Gasteiger partial charge in [-0.25, -0.2) is 4.79 Å². The van der Waals surface area contributed by atoms with Gasteiger partial charge < -0.3 is 9.64 Å². The maximum absolute atomic E-state index is 12.4. The van der Waals surface area contributed by atoms with E-state index in [0.29, 0.717) is 17.0 Å². The maximum Gasteiger partial charge on any atom is 0.350 e. The van der Waals surface area contributed by atoms with E-state index in [4.69, 9.17) is 4.74 Å². The van der Waals surface area contributed by atoms with Gasteiger partial charge in [0.15, 0.2) is 0 Å². The van der Waals surface area contributed by atoms with Crippen LogP contribution in [0.4, 0.5) is 5.69 Å². The molecule has 1 heterocycles. The number of thiophene rings is 1. The van der Waals surface area contributed by atoms with Crippen LogP contribution in [0, 0.1) is 6.92 Å². The number of anilines is 1. The van der Waals surface area contributed by atoms with E-state index < -0.39 is 5.97 Å². The molecule has 2 rings (SSSR count). The Morgan fingerprint density at radius 3 is 2.50 bits per heavy atom. The molecule has 0 unspecified atom stereocenters. The number of nitrogens with zero attached hydrogens (tertiary/aromatic N) is 1. The van der Waals surface area contributed by atoms with Crippen molar-refractivity contribution in [2.24, 2.45) is 0 Å². The van der Waals surface area contributed by atoms with Crippen molar-refractivity contribution < 1.29 is 14.3 Å². The zero-order chi connectivity index (χ0) is 17.9. The van der Waals surface area contributed by atoms with E-state index in [1.54, 1.807) is 4.90 Å². The lowest BCUT2D eigenvalue weighted by molar-refractivity contribution is -0.118. The Hall–Kier alpha value is -2.14. The number of esters is 1. The molecular weight excluding hydrogens is 322 g/mol. The van der Waals surface area contributed by atoms with E-state index >= 15 is 0 Å². The second-order valence-electron chi connectivity index (χ2n) is 5.90. The molecule has 0 fully saturated rings. The second-order valence-corrected chi connectivity index (χ2v) is 6.95. The normalized spacial score (nSPS) is 10.8. The van der Waals surface area contributed by atoms with Gasteiger partial charge >= 0.3 is 5.97 Å². The van der Waals surface area contributed by atoms with Crippen LogP contribution in [0.5, 0.6) is 0 Å². The van der Waals surface area contributed by atoms with Gasteiger partial charge in [-0.2, -0.15) is 0 Å². The summed E-state index contributed by atoms with van der Waals surface area (Å²) < 4.78 is 4.93. The molecule has 0 aliphatic carbocycles. The molecule has 2 aromatic rings. The van der Waals surface area contributed by atoms with Crippen LogP contribution in [-0.4, -0.2) is 25.0 Å². The van der Waals surface area contributed by atoms with Crippen molar-refractivity contribution in [1.82, 2.24) is 0 Å². The lowest BCUT2D eigenvalue weighted by Crippen LogP contribution is -2.37. The second kappa shape index (κ2) is 7.62. The zero-order valence-electron chi connectivity index (χ0n) is 14.8. The van der Waals surface area contributed by atoms with Gasteiger partial charge in [-0.15, -0.1) is 11.3 Å². The fourth-order valence-corrected chi connectivity index (χ4v) is 3.67. The first-order chi connectivity index (χ1) is 11.4. The van der Waals surface area contributed by atoms with Crippen molar-refractivity contribution in [3.8, 4) is 10.4 Å². The van der Waals surface area contributed by atoms with E-state index in [1.807, 2.05) is 52.0 Å². The summed E-state index contributed by atoms with van der Waals surface area (Å²) in [7, 11) is 1.36. The molecule has 5 heteroatoms. The van der Waals surface area contributed by atoms with E-state index in [9.17, 15) is 9.59 Å². The Morgan fingerprint density at radius 2 is 1.96 bits per heavy atom. The smallest absolute Gasteiger partial charge is 0.350 e. The van der Waals surface area contributed by atoms with E-state index in [1.165, 1.54) is 18.4 Å². The minimum atomic E-state index is -0.413. The zero-order valence-corrected chi connectivity index (χ0v) is 15.6. The van der Waals surface area contributed by atoms with Crippen molar-refractivity contribution in [1.29, 1.82) is 0 Å². The standard InChI is InChI=1S/C19H23NO3S/c1-6-17(21)20(12(2)3)15-11-16(24-18(15)19(22)23-5)14-9-7-8-13(4)10-14/h7-12H,6H2,1-5H3. The number of rotatable bonds is 5. The minimum absolute atomic E-state index is 0.0104. The number of carbonyl (C=O) groups is 2. The SMILES string of the molecule is CCC(=O)N(c1cc(-c2cccc(C)c2)sc1C(=O)OC)C(C)C. The lowest BCUT2D eigenvalue weighted by atomic mass is 10.1. The fourth-order valence-electron chi connectivity index (χ4n) is 2.61. The van der Waals surface area contributed by atoms with Crippen LogP contribution in [0.2, 0.25) is 0 Å². The largest absolute Gasteiger partial charge is 0.465 e. The Bertz CT molecular complexity index is 749. The first-order valence-electron chi connectivity index (χ1n) is 8.00. The van der Waals surface area contributed by atoms with Gasteiger partial charge in [-0.3, -0.25) is 4.79 Å². The molecule has 1 aromatic heterocycles. The highest BCUT2D eigenvalue weighted by Gasteiger charge is 2.27. The molecule has 4 nitrogen and oxygen atoms in total. The highest BCUT2D eigenvalue weighted by molar-refractivity contribution is 7.18. The number of carbonyl (C=O) groups excluding carboxylic acids is 2. The number of amides is 1. The third-order valence-corrected chi connectivity index (χ3v) is 4.89. The topological polar surface area (TPSA) is 46.6 Å². The van der Waals surface area contributed by atoms with Gasteiger partial charge in [0.25, 0.3) is 0 Å². The number of hydrogen-bond acceptors (Lipinski definition) is 4. The Kier molecular flexibility index (Phi) is 5.78. The van der Waals surface area contributed by atoms with Crippen LogP contribution in [0.15, 0.2) is 30.3 Å². The lowest BCUT2D eigenvalue weighted by Gasteiger charge is -2.26. The monoisotopic (exact) mass is 345 g/mol. The van der Waals surface area contributed by atoms with Crippen LogP contribution < -0.4 is 4.90 Å². The molecule has 1 amide bonds. The predicted molar refractivity (Wildman–Crippen MR) is 98.7 cm³/mol. The highest BCUT2D eigenvalue weighted by atomic mass is 32.1. The fraction of sp³-hybridized carbons (Fsp3) is 0.368. The van der Waals surface area contributed by atoms with Crippen molar-refractivity contribution >= 4 is 28.9 Å². The van der Waals surface area contributed by atoms with Crippen LogP contribution in [0.1, 0.15) is 42.4 Å². The quantitative estimate of drug-likeness (QED) is 0.740. The molecule has 0 atom stereocenters. The molecule has 1 aromatic carbocycles. The summed E-state index contributed by atoms with van der Waals surface area (Å²) >= 11 is 1.36. The van der Waals surface area contributed by atoms with Gasteiger partial charge in [0, 0.05) is 17.3 Å². The average Bonchev–Trinajstić information content (AvgIpc) is 2.98. The molecular formula is C19H23NO3S. The van der Waals surface area contributed by atoms with Gasteiger partial charge in [0.2, 0.25) is 5.91 Å². The summed E-state index contributed by atoms with van der Waals surface area (Å²) in [4.78, 5) is 27.7. The van der Waals surface area contributed by atoms with Gasteiger partial charge in [0.05, 0.1) is 12.8 Å². The van der Waals surface area contributed by atoms with Crippen LogP contribution in [0.25, 0.3) is 10.4 Å². The molecule has 0 saturated heterocycles. The minimum Gasteiger partial charge on any atom is -0.465 e. The predicted octanol–water partition coefficient (Wildman–Crippen LogP) is 4.66. The van der Waals surface area contributed by atoms with Crippen molar-refractivity contribution in [2.45, 2.75) is 40.2 Å². The van der Waals surface area contributed by atoms with Crippen molar-refractivity contribution in [3.63, 3.8) is 0 Å². The summed E-state index contributed by atoms with van der Waals surface area (Å²) in [5.41, 5.74) is 2.81. The van der Waals surface area contributed by atoms with Crippen molar-refractivity contribution in [2.75, 3.05) is 12.0 Å². The first kappa shape index (κ1) is 18.2. The number of ether oxygens (including phenoxy) is 1. The molecule has 0 saturated carbocycles. The van der Waals surface area contributed by atoms with Crippen LogP contribution in [0.3, 0.4) is 0 Å². The number of benzene rings is 1. The van der Waals surface area contributed by atoms with Gasteiger partial charge in [0.1, 0.15) is 4.88 Å². The number of aryl methyl sites for hydroxylation is 1. The Labute approximate surface area is 147 Å². The van der Waals surface area contributed by atoms with Gasteiger partial charge in [-0.1, -0.05) is 36.8 Å². The molecule has 0 spiro atoms. The third-order valence-electron chi connectivity index (χ3n) is 3.73. The van der Waals surface area contributed by atoms with Crippen LogP contribution >= 0.6 is 11.3 Å². The molecule has 128 valence electrons. The molecule has 24 heavy (non-hydrogen) atoms. The highest BCUT2D eigenvalue weighted by Crippen LogP contribution is 2.38. The summed E-state index contributed by atoms with van der Waals surface area (Å²) in [6.07, 6.45) is 0.383. The summed E-state index contributed by atoms with van der Waals surface area (Å²) in [6.45, 7) is 7.74. The van der Waals surface area contributed by atoms with E-state index in [0.717, 1.165) is 16.0 Å². The van der Waals surface area contributed by atoms with E-state index in [2.05, 4.69) is 6.07 Å². The summed E-state index contributed by atoms with van der Waals surface area (Å²) in [6, 6.07) is 9.96. The average molecular weight is 345 g/mol. The molecule has 0 bridgehead atoms. The maximum atomic E-state index is 12.4. The van der Waals surface area contributed by atoms with E-state index in [-0.39, 0.29) is 11.9 Å². The van der Waals surface area contributed by atoms with Crippen LogP contribution in [-0.2, 0) is 9.53 Å². The summed E-state index contributed by atoms with van der Waals surface area (Å²) in [5.74, 6) is -0.424. The number of methoxy groups -OCH3 is 1. The molecule has 0 radical (unpaired) electrons. The molecule has 0 N–H and O–H groups in total. The number of hydrogen-bond donors (Lipinski definition) is 0. The molecule has 0 aliphatic heterocycles. The Morgan fingerprint density at radius 1 is 1.25 bits per heavy atom. The van der Waals surface area contributed by atoms with Crippen molar-refractivity contribution in [3.05, 3.63) is 40.8 Å². The molecule has 0 aliphatic rings. The third kappa shape index (κ3) is 3.67. The summed E-state index contributed by atoms with van der Waals surface area (Å²) in [5, 5.41) is 0.